The van der Waals surface area contributed by atoms with Gasteiger partial charge in [0.25, 0.3) is 11.8 Å². The van der Waals surface area contributed by atoms with E-state index in [1.54, 1.807) is 12.1 Å². The smallest absolute Gasteiger partial charge is 0.423 e. The van der Waals surface area contributed by atoms with Crippen molar-refractivity contribution in [1.82, 2.24) is 10.4 Å². The molecule has 0 saturated carbocycles. The molecule has 0 aromatic heterocycles. The molecule has 2 aromatic rings. The Morgan fingerprint density at radius 2 is 1.72 bits per heavy atom. The Labute approximate surface area is 189 Å². The van der Waals surface area contributed by atoms with Gasteiger partial charge in [0.1, 0.15) is 5.82 Å². The first-order valence-electron chi connectivity index (χ1n) is 10.7. The molecule has 0 heterocycles. The van der Waals surface area contributed by atoms with Crippen LogP contribution in [0.2, 0.25) is 0 Å². The summed E-state index contributed by atoms with van der Waals surface area (Å²) >= 11 is 0. The van der Waals surface area contributed by atoms with Crippen molar-refractivity contribution in [2.24, 2.45) is 5.41 Å². The highest BCUT2D eigenvalue weighted by Crippen LogP contribution is 2.29. The van der Waals surface area contributed by atoms with Crippen LogP contribution in [0.25, 0.3) is 0 Å². The summed E-state index contributed by atoms with van der Waals surface area (Å²) in [6.45, 7) is 11.7. The van der Waals surface area contributed by atoms with Crippen LogP contribution in [-0.2, 0) is 0 Å². The predicted octanol–water partition coefficient (Wildman–Crippen LogP) is 3.12. The molecular formula is C24H32BFN2O4. The number of nitrogens with one attached hydrogen (secondary N) is 1. The maximum Gasteiger partial charge on any atom is 0.491 e. The van der Waals surface area contributed by atoms with Crippen LogP contribution in [-0.4, -0.2) is 40.0 Å². The summed E-state index contributed by atoms with van der Waals surface area (Å²) in [6, 6.07) is 8.88. The third kappa shape index (κ3) is 5.96. The van der Waals surface area contributed by atoms with E-state index < -0.39 is 30.2 Å². The molecule has 0 radical (unpaired) electrons. The Bertz CT molecular complexity index is 968. The fraction of sp³-hybridized carbons (Fsp3) is 0.417. The molecule has 0 fully saturated rings. The first-order chi connectivity index (χ1) is 14.9. The zero-order valence-electron chi connectivity index (χ0n) is 19.6. The lowest BCUT2D eigenvalue weighted by Crippen LogP contribution is -2.56. The van der Waals surface area contributed by atoms with Crippen molar-refractivity contribution in [3.8, 4) is 0 Å². The van der Waals surface area contributed by atoms with Crippen LogP contribution in [0.15, 0.2) is 36.4 Å². The molecule has 0 saturated heterocycles. The van der Waals surface area contributed by atoms with Crippen LogP contribution in [0.3, 0.4) is 0 Å². The van der Waals surface area contributed by atoms with Gasteiger partial charge in [-0.2, -0.15) is 0 Å². The van der Waals surface area contributed by atoms with E-state index in [1.165, 1.54) is 23.2 Å². The molecule has 0 spiro atoms. The van der Waals surface area contributed by atoms with Gasteiger partial charge in [0, 0.05) is 11.0 Å². The van der Waals surface area contributed by atoms with E-state index in [0.717, 1.165) is 17.5 Å². The molecule has 32 heavy (non-hydrogen) atoms. The summed E-state index contributed by atoms with van der Waals surface area (Å²) in [5, 5.41) is 20.0. The number of amides is 2. The summed E-state index contributed by atoms with van der Waals surface area (Å²) in [4.78, 5) is 26.6. The lowest BCUT2D eigenvalue weighted by atomic mass is 9.79. The third-order valence-electron chi connectivity index (χ3n) is 5.33. The number of benzene rings is 2. The Balaban J connectivity index is 2.53. The number of carbonyl (C=O) groups excluding carboxylic acids is 2. The average molecular weight is 442 g/mol. The number of carbonyl (C=O) groups is 2. The average Bonchev–Trinajstić information content (AvgIpc) is 2.68. The molecule has 2 rings (SSSR count). The number of hydrazine groups is 1. The van der Waals surface area contributed by atoms with Crippen LogP contribution >= 0.6 is 0 Å². The number of aryl methyl sites for hydroxylation is 2. The van der Waals surface area contributed by atoms with Crippen LogP contribution in [0.1, 0.15) is 72.4 Å². The van der Waals surface area contributed by atoms with Crippen LogP contribution < -0.4 is 10.9 Å². The fourth-order valence-corrected chi connectivity index (χ4v) is 3.82. The summed E-state index contributed by atoms with van der Waals surface area (Å²) in [6.07, 6.45) is 1.40. The highest BCUT2D eigenvalue weighted by atomic mass is 19.1. The summed E-state index contributed by atoms with van der Waals surface area (Å²) < 4.78 is 14.8. The van der Waals surface area contributed by atoms with Gasteiger partial charge in [-0.05, 0) is 43.9 Å². The first kappa shape index (κ1) is 25.6. The minimum atomic E-state index is -2.06. The van der Waals surface area contributed by atoms with Gasteiger partial charge in [-0.1, -0.05) is 63.4 Å². The Hall–Kier alpha value is -2.71. The zero-order chi connectivity index (χ0) is 24.2. The van der Waals surface area contributed by atoms with Crippen molar-refractivity contribution in [2.45, 2.75) is 60.4 Å². The number of nitrogens with zero attached hydrogens (tertiary/aromatic N) is 1. The summed E-state index contributed by atoms with van der Waals surface area (Å²) in [7, 11) is -2.06. The van der Waals surface area contributed by atoms with Gasteiger partial charge in [0.2, 0.25) is 0 Å². The summed E-state index contributed by atoms with van der Waals surface area (Å²) in [5.74, 6) is -2.27. The molecule has 2 aromatic carbocycles. The van der Waals surface area contributed by atoms with E-state index in [0.29, 0.717) is 12.0 Å². The molecule has 172 valence electrons. The van der Waals surface area contributed by atoms with Crippen LogP contribution in [0.4, 0.5) is 4.39 Å². The normalized spacial score (nSPS) is 12.3. The maximum absolute atomic E-state index is 14.8. The van der Waals surface area contributed by atoms with E-state index in [4.69, 9.17) is 0 Å². The second kappa shape index (κ2) is 10.3. The van der Waals surface area contributed by atoms with Crippen molar-refractivity contribution >= 4 is 24.4 Å². The number of rotatable bonds is 6. The minimum absolute atomic E-state index is 0.362. The van der Waals surface area contributed by atoms with Gasteiger partial charge in [0.05, 0.1) is 11.6 Å². The second-order valence-electron chi connectivity index (χ2n) is 9.25. The molecule has 0 aliphatic carbocycles. The van der Waals surface area contributed by atoms with Gasteiger partial charge in [-0.25, -0.2) is 9.40 Å². The SMILES string of the molecule is CCCC(N(NC(=O)c1cccc(B(O)O)c1F)C(=O)c1cc(C)cc(C)c1)C(C)(C)C. The first-order valence-corrected chi connectivity index (χ1v) is 10.7. The molecular weight excluding hydrogens is 410 g/mol. The quantitative estimate of drug-likeness (QED) is 0.474. The maximum atomic E-state index is 14.8. The van der Waals surface area contributed by atoms with Crippen LogP contribution in [0.5, 0.6) is 0 Å². The van der Waals surface area contributed by atoms with Gasteiger partial charge < -0.3 is 10.0 Å². The van der Waals surface area contributed by atoms with Crippen molar-refractivity contribution in [2.75, 3.05) is 0 Å². The molecule has 0 aliphatic rings. The number of halogens is 1. The van der Waals surface area contributed by atoms with Gasteiger partial charge in [-0.15, -0.1) is 0 Å². The van der Waals surface area contributed by atoms with Crippen molar-refractivity contribution in [1.29, 1.82) is 0 Å². The van der Waals surface area contributed by atoms with Crippen molar-refractivity contribution < 1.29 is 24.0 Å². The topological polar surface area (TPSA) is 89.9 Å². The minimum Gasteiger partial charge on any atom is -0.423 e. The third-order valence-corrected chi connectivity index (χ3v) is 5.33. The van der Waals surface area contributed by atoms with Crippen molar-refractivity contribution in [3.05, 3.63) is 64.5 Å². The molecule has 3 N–H and O–H groups in total. The van der Waals surface area contributed by atoms with Gasteiger partial charge in [-0.3, -0.25) is 15.0 Å². The Morgan fingerprint density at radius 1 is 1.12 bits per heavy atom. The van der Waals surface area contributed by atoms with Crippen LogP contribution in [0, 0.1) is 25.1 Å². The van der Waals surface area contributed by atoms with E-state index in [1.807, 2.05) is 47.6 Å². The monoisotopic (exact) mass is 442 g/mol. The second-order valence-corrected chi connectivity index (χ2v) is 9.25. The molecule has 8 heteroatoms. The number of hydrogen-bond donors (Lipinski definition) is 3. The molecule has 0 aliphatic heterocycles. The Morgan fingerprint density at radius 3 is 2.22 bits per heavy atom. The standard InChI is InChI=1S/C24H32BFN2O4/c1-7-9-20(24(4,5)6)28(23(30)17-13-15(2)12-16(3)14-17)27-22(29)18-10-8-11-19(21(18)26)25(31)32/h8,10-14,20,31-32H,7,9H2,1-6H3,(H,27,29). The molecule has 6 nitrogen and oxygen atoms in total. The molecule has 0 bridgehead atoms. The fourth-order valence-electron chi connectivity index (χ4n) is 3.82. The summed E-state index contributed by atoms with van der Waals surface area (Å²) in [5.41, 5.74) is 3.70. The van der Waals surface area contributed by atoms with E-state index >= 15 is 0 Å². The zero-order valence-corrected chi connectivity index (χ0v) is 19.6. The van der Waals surface area contributed by atoms with Gasteiger partial charge >= 0.3 is 7.12 Å². The molecule has 1 atom stereocenters. The van der Waals surface area contributed by atoms with E-state index in [-0.39, 0.29) is 17.0 Å². The van der Waals surface area contributed by atoms with Gasteiger partial charge in [0.15, 0.2) is 0 Å². The molecule has 2 amide bonds. The number of hydrogen-bond acceptors (Lipinski definition) is 4. The Kier molecular flexibility index (Phi) is 8.21. The largest absolute Gasteiger partial charge is 0.491 e. The predicted molar refractivity (Wildman–Crippen MR) is 124 cm³/mol. The molecule has 1 unspecified atom stereocenters. The van der Waals surface area contributed by atoms with Crippen molar-refractivity contribution in [3.63, 3.8) is 0 Å². The highest BCUT2D eigenvalue weighted by Gasteiger charge is 2.35. The lowest BCUT2D eigenvalue weighted by molar-refractivity contribution is 0.0269. The van der Waals surface area contributed by atoms with E-state index in [2.05, 4.69) is 5.43 Å². The highest BCUT2D eigenvalue weighted by molar-refractivity contribution is 6.58. The lowest BCUT2D eigenvalue weighted by Gasteiger charge is -2.40. The van der Waals surface area contributed by atoms with E-state index in [9.17, 15) is 24.0 Å².